The summed E-state index contributed by atoms with van der Waals surface area (Å²) in [6.45, 7) is 5.35. The summed E-state index contributed by atoms with van der Waals surface area (Å²) in [4.78, 5) is 4.27. The second-order valence-electron chi connectivity index (χ2n) is 8.33. The molecule has 11 heteroatoms. The number of aromatic nitrogens is 3. The van der Waals surface area contributed by atoms with Gasteiger partial charge in [0, 0.05) is 23.5 Å². The van der Waals surface area contributed by atoms with Crippen LogP contribution < -0.4 is 16.4 Å². The third-order valence-corrected chi connectivity index (χ3v) is 6.00. The van der Waals surface area contributed by atoms with Crippen LogP contribution in [-0.4, -0.2) is 33.7 Å². The number of nitrogens with zero attached hydrogens (tertiary/aromatic N) is 5. The van der Waals surface area contributed by atoms with Crippen LogP contribution in [0.4, 0.5) is 20.3 Å². The van der Waals surface area contributed by atoms with Crippen molar-refractivity contribution >= 4 is 17.3 Å². The van der Waals surface area contributed by atoms with Gasteiger partial charge in [-0.25, -0.2) is 13.8 Å². The molecule has 2 aromatic heterocycles. The van der Waals surface area contributed by atoms with Gasteiger partial charge in [-0.2, -0.15) is 10.6 Å². The highest BCUT2D eigenvalue weighted by Gasteiger charge is 2.20. The Labute approximate surface area is 196 Å². The van der Waals surface area contributed by atoms with Crippen molar-refractivity contribution in [3.63, 3.8) is 0 Å². The molecule has 0 radical (unpaired) electrons. The normalized spacial score (nSPS) is 16.8. The number of amidine groups is 1. The Morgan fingerprint density at radius 1 is 1.24 bits per heavy atom. The van der Waals surface area contributed by atoms with E-state index in [0.29, 0.717) is 11.6 Å². The smallest absolute Gasteiger partial charge is 0.182 e. The van der Waals surface area contributed by atoms with Crippen LogP contribution in [0.3, 0.4) is 0 Å². The van der Waals surface area contributed by atoms with Gasteiger partial charge in [0.2, 0.25) is 0 Å². The second-order valence-corrected chi connectivity index (χ2v) is 8.33. The Bertz CT molecular complexity index is 1230. The maximum Gasteiger partial charge on any atom is 0.182 e. The van der Waals surface area contributed by atoms with E-state index < -0.39 is 11.6 Å². The first-order valence-electron chi connectivity index (χ1n) is 11.1. The van der Waals surface area contributed by atoms with Gasteiger partial charge in [0.05, 0.1) is 23.0 Å². The van der Waals surface area contributed by atoms with Gasteiger partial charge in [0.1, 0.15) is 5.82 Å². The summed E-state index contributed by atoms with van der Waals surface area (Å²) in [6.07, 6.45) is 6.75. The molecule has 1 aromatic carbocycles. The average Bonchev–Trinajstić information content (AvgIpc) is 3.03. The second kappa shape index (κ2) is 10.0. The molecule has 1 aliphatic heterocycles. The maximum absolute atomic E-state index is 14.5. The van der Waals surface area contributed by atoms with Crippen molar-refractivity contribution in [2.75, 3.05) is 24.1 Å². The lowest BCUT2D eigenvalue weighted by atomic mass is 10.1. The molecule has 4 rings (SSSR count). The summed E-state index contributed by atoms with van der Waals surface area (Å²) >= 11 is 0. The van der Waals surface area contributed by atoms with E-state index in [-0.39, 0.29) is 22.9 Å². The number of nitrogen functional groups attached to an aromatic ring is 1. The fourth-order valence-electron chi connectivity index (χ4n) is 4.10. The van der Waals surface area contributed by atoms with E-state index in [1.54, 1.807) is 12.3 Å². The van der Waals surface area contributed by atoms with Gasteiger partial charge < -0.3 is 16.4 Å². The predicted octanol–water partition coefficient (Wildman–Crippen LogP) is 4.54. The summed E-state index contributed by atoms with van der Waals surface area (Å²) in [5, 5.41) is 17.7. The van der Waals surface area contributed by atoms with Gasteiger partial charge in [0.15, 0.2) is 17.5 Å². The molecule has 178 valence electrons. The fraction of sp³-hybridized carbons (Fsp3) is 0.348. The third kappa shape index (κ3) is 4.79. The van der Waals surface area contributed by atoms with Crippen molar-refractivity contribution in [2.24, 2.45) is 10.3 Å². The Kier molecular flexibility index (Phi) is 6.92. The van der Waals surface area contributed by atoms with E-state index in [9.17, 15) is 8.78 Å². The van der Waals surface area contributed by atoms with Crippen LogP contribution in [0.25, 0.3) is 11.1 Å². The highest BCUT2D eigenvalue weighted by atomic mass is 19.2. The van der Waals surface area contributed by atoms with Gasteiger partial charge in [-0.15, -0.1) is 5.10 Å². The van der Waals surface area contributed by atoms with Crippen LogP contribution in [0.1, 0.15) is 42.1 Å². The minimum Gasteiger partial charge on any atom is -0.383 e. The van der Waals surface area contributed by atoms with Crippen molar-refractivity contribution < 1.29 is 8.78 Å². The fourth-order valence-corrected chi connectivity index (χ4v) is 4.10. The molecular formula is C23H27F2N9. The summed E-state index contributed by atoms with van der Waals surface area (Å²) in [5.74, 6) is -1.95. The molecule has 0 aliphatic carbocycles. The Balaban J connectivity index is 1.69. The first-order valence-corrected chi connectivity index (χ1v) is 11.1. The zero-order valence-electron chi connectivity index (χ0n) is 19.1. The van der Waals surface area contributed by atoms with Gasteiger partial charge in [-0.05, 0) is 63.9 Å². The first kappa shape index (κ1) is 23.4. The quantitative estimate of drug-likeness (QED) is 0.189. The molecule has 1 fully saturated rings. The molecule has 1 aliphatic rings. The molecule has 0 saturated carbocycles. The van der Waals surface area contributed by atoms with E-state index in [4.69, 9.17) is 16.4 Å². The molecule has 1 atom stereocenters. The molecule has 0 amide bonds. The highest BCUT2D eigenvalue weighted by molar-refractivity contribution is 6.11. The lowest BCUT2D eigenvalue weighted by Crippen LogP contribution is -2.17. The van der Waals surface area contributed by atoms with Crippen molar-refractivity contribution in [1.29, 1.82) is 5.53 Å². The summed E-state index contributed by atoms with van der Waals surface area (Å²) in [7, 11) is 0. The topological polar surface area (TPSA) is 129 Å². The van der Waals surface area contributed by atoms with Gasteiger partial charge in [-0.3, -0.25) is 4.68 Å². The Hall–Kier alpha value is -3.73. The Morgan fingerprint density at radius 2 is 2.06 bits per heavy atom. The number of nitrogens with one attached hydrogen (secondary N) is 3. The lowest BCUT2D eigenvalue weighted by molar-refractivity contribution is 0.413. The Morgan fingerprint density at radius 3 is 2.85 bits per heavy atom. The first-order chi connectivity index (χ1) is 16.4. The molecule has 5 N–H and O–H groups in total. The standard InChI is InChI=1S/C23H27F2N9/c1-13-5-6-19(21(25)20(13)24)30-23(31-33-27)17-10-15(11-29-22(17)26)18-12-34(32-14(18)2)16-4-3-8-28-9-7-16/h5-6,10-12,16,28H,3-4,7-9H2,1-2H3,(H2,26,29)(H2,27,30,31). The maximum atomic E-state index is 14.5. The number of benzene rings is 1. The minimum atomic E-state index is -1.06. The number of rotatable bonds is 5. The molecule has 0 bridgehead atoms. The van der Waals surface area contributed by atoms with E-state index in [2.05, 4.69) is 25.9 Å². The van der Waals surface area contributed by atoms with E-state index in [1.807, 2.05) is 17.8 Å². The predicted molar refractivity (Wildman–Crippen MR) is 127 cm³/mol. The number of aryl methyl sites for hydroxylation is 2. The number of anilines is 2. The third-order valence-electron chi connectivity index (χ3n) is 6.00. The molecule has 3 heterocycles. The van der Waals surface area contributed by atoms with Gasteiger partial charge >= 0.3 is 0 Å². The number of pyridine rings is 1. The van der Waals surface area contributed by atoms with Gasteiger partial charge in [0.25, 0.3) is 0 Å². The van der Waals surface area contributed by atoms with Crippen molar-refractivity contribution in [2.45, 2.75) is 39.2 Å². The largest absolute Gasteiger partial charge is 0.383 e. The molecule has 3 aromatic rings. The SMILES string of the molecule is Cc1ccc(N/C(=N\N=N)c2cc(-c3cn(C4CCCNCC4)nc3C)cnc2N)c(F)c1F. The number of halogens is 2. The van der Waals surface area contributed by atoms with Crippen LogP contribution in [0.5, 0.6) is 0 Å². The average molecular weight is 468 g/mol. The van der Waals surface area contributed by atoms with Crippen molar-refractivity contribution in [3.05, 3.63) is 59.0 Å². The number of nitrogens with two attached hydrogens (primary N) is 1. The van der Waals surface area contributed by atoms with Crippen LogP contribution in [0, 0.1) is 31.0 Å². The van der Waals surface area contributed by atoms with E-state index >= 15 is 0 Å². The molecule has 1 unspecified atom stereocenters. The minimum absolute atomic E-state index is 0.0242. The van der Waals surface area contributed by atoms with Crippen LogP contribution >= 0.6 is 0 Å². The molecule has 1 saturated heterocycles. The summed E-state index contributed by atoms with van der Waals surface area (Å²) in [5.41, 5.74) is 16.0. The zero-order valence-corrected chi connectivity index (χ0v) is 19.1. The molecular weight excluding hydrogens is 440 g/mol. The van der Waals surface area contributed by atoms with Gasteiger partial charge in [-0.1, -0.05) is 11.3 Å². The number of hydrogen-bond acceptors (Lipinski definition) is 6. The highest BCUT2D eigenvalue weighted by Crippen LogP contribution is 2.29. The summed E-state index contributed by atoms with van der Waals surface area (Å²) < 4.78 is 30.5. The summed E-state index contributed by atoms with van der Waals surface area (Å²) in [6, 6.07) is 4.86. The van der Waals surface area contributed by atoms with Crippen molar-refractivity contribution in [3.8, 4) is 11.1 Å². The van der Waals surface area contributed by atoms with Crippen LogP contribution in [0.2, 0.25) is 0 Å². The van der Waals surface area contributed by atoms with Crippen molar-refractivity contribution in [1.82, 2.24) is 20.1 Å². The molecule has 34 heavy (non-hydrogen) atoms. The number of hydrogen-bond donors (Lipinski definition) is 4. The van der Waals surface area contributed by atoms with Crippen LogP contribution in [-0.2, 0) is 0 Å². The molecule has 0 spiro atoms. The van der Waals surface area contributed by atoms with Crippen LogP contribution in [0.15, 0.2) is 40.9 Å². The lowest BCUT2D eigenvalue weighted by Gasteiger charge is -2.14. The van der Waals surface area contributed by atoms with E-state index in [1.165, 1.54) is 19.1 Å². The monoisotopic (exact) mass is 467 g/mol. The zero-order chi connectivity index (χ0) is 24.2. The van der Waals surface area contributed by atoms with E-state index in [0.717, 1.165) is 49.2 Å². The molecule has 9 nitrogen and oxygen atoms in total.